The van der Waals surface area contributed by atoms with E-state index in [1.54, 1.807) is 7.11 Å². The van der Waals surface area contributed by atoms with E-state index in [0.29, 0.717) is 25.6 Å². The fourth-order valence-electron chi connectivity index (χ4n) is 4.35. The van der Waals surface area contributed by atoms with Gasteiger partial charge >= 0.3 is 6.09 Å². The predicted molar refractivity (Wildman–Crippen MR) is 120 cm³/mol. The molecule has 4 rings (SSSR count). The van der Waals surface area contributed by atoms with Gasteiger partial charge in [0.15, 0.2) is 0 Å². The molecule has 0 unspecified atom stereocenters. The number of benzene rings is 1. The lowest BCUT2D eigenvalue weighted by Crippen LogP contribution is -2.55. The van der Waals surface area contributed by atoms with E-state index in [1.165, 1.54) is 0 Å². The number of nitrogens with zero attached hydrogens (tertiary/aromatic N) is 3. The zero-order chi connectivity index (χ0) is 22.2. The van der Waals surface area contributed by atoms with E-state index in [4.69, 9.17) is 19.2 Å². The summed E-state index contributed by atoms with van der Waals surface area (Å²) in [4.78, 5) is 21.5. The molecule has 2 aromatic rings. The summed E-state index contributed by atoms with van der Waals surface area (Å²) in [5.74, 6) is 1.61. The molecule has 0 radical (unpaired) electrons. The largest absolute Gasteiger partial charge is 0.493 e. The van der Waals surface area contributed by atoms with Crippen molar-refractivity contribution in [2.75, 3.05) is 33.4 Å². The van der Waals surface area contributed by atoms with E-state index in [2.05, 4.69) is 30.0 Å². The number of carbonyl (C=O) groups excluding carboxylic acids is 1. The van der Waals surface area contributed by atoms with E-state index in [-0.39, 0.29) is 12.1 Å². The number of ether oxygens (including phenoxy) is 3. The van der Waals surface area contributed by atoms with Crippen LogP contribution < -0.4 is 9.47 Å². The van der Waals surface area contributed by atoms with Crippen molar-refractivity contribution < 1.29 is 19.0 Å². The molecule has 1 fully saturated rings. The number of carbonyl (C=O) groups is 1. The van der Waals surface area contributed by atoms with Crippen molar-refractivity contribution >= 4 is 17.0 Å². The van der Waals surface area contributed by atoms with E-state index in [1.807, 2.05) is 25.7 Å². The van der Waals surface area contributed by atoms with Gasteiger partial charge in [-0.25, -0.2) is 9.78 Å². The van der Waals surface area contributed by atoms with E-state index in [9.17, 15) is 4.79 Å². The number of fused-ring (bicyclic) bond motifs is 3. The highest BCUT2D eigenvalue weighted by atomic mass is 16.6. The van der Waals surface area contributed by atoms with Crippen LogP contribution in [0.25, 0.3) is 10.9 Å². The second-order valence-corrected chi connectivity index (χ2v) is 9.35. The molecule has 1 atom stereocenters. The second kappa shape index (κ2) is 8.54. The van der Waals surface area contributed by atoms with Gasteiger partial charge in [-0.05, 0) is 51.8 Å². The van der Waals surface area contributed by atoms with Gasteiger partial charge in [0.05, 0.1) is 19.2 Å². The lowest BCUT2D eigenvalue weighted by atomic mass is 10.0. The number of aromatic nitrogens is 1. The number of aryl methyl sites for hydroxylation is 1. The van der Waals surface area contributed by atoms with E-state index in [0.717, 1.165) is 53.7 Å². The van der Waals surface area contributed by atoms with Crippen LogP contribution in [-0.2, 0) is 17.7 Å². The predicted octanol–water partition coefficient (Wildman–Crippen LogP) is 4.01. The van der Waals surface area contributed by atoms with Gasteiger partial charge in [-0.15, -0.1) is 0 Å². The molecule has 31 heavy (non-hydrogen) atoms. The average Bonchev–Trinajstić information content (AvgIpc) is 2.71. The third-order valence-electron chi connectivity index (χ3n) is 5.95. The van der Waals surface area contributed by atoms with Crippen molar-refractivity contribution in [3.63, 3.8) is 0 Å². The van der Waals surface area contributed by atoms with Crippen molar-refractivity contribution in [2.24, 2.45) is 0 Å². The van der Waals surface area contributed by atoms with Crippen LogP contribution in [0.4, 0.5) is 4.79 Å². The summed E-state index contributed by atoms with van der Waals surface area (Å²) in [7, 11) is 1.67. The molecule has 0 aliphatic carbocycles. The zero-order valence-corrected chi connectivity index (χ0v) is 19.2. The average molecular weight is 428 g/mol. The van der Waals surface area contributed by atoms with Crippen molar-refractivity contribution in [2.45, 2.75) is 58.7 Å². The van der Waals surface area contributed by atoms with Crippen LogP contribution in [-0.4, -0.2) is 65.9 Å². The number of piperazine rings is 1. The Morgan fingerprint density at radius 3 is 2.77 bits per heavy atom. The first-order valence-corrected chi connectivity index (χ1v) is 11.1. The van der Waals surface area contributed by atoms with Gasteiger partial charge in [0.1, 0.15) is 11.4 Å². The molecule has 7 nitrogen and oxygen atoms in total. The van der Waals surface area contributed by atoms with Gasteiger partial charge in [0.25, 0.3) is 0 Å². The van der Waals surface area contributed by atoms with Crippen LogP contribution in [0.1, 0.15) is 45.2 Å². The van der Waals surface area contributed by atoms with E-state index >= 15 is 0 Å². The summed E-state index contributed by atoms with van der Waals surface area (Å²) in [6.45, 7) is 11.3. The first kappa shape index (κ1) is 21.7. The van der Waals surface area contributed by atoms with Crippen LogP contribution in [0.15, 0.2) is 18.2 Å². The van der Waals surface area contributed by atoms with Crippen LogP contribution in [0.3, 0.4) is 0 Å². The number of methoxy groups -OCH3 is 1. The third kappa shape index (κ3) is 4.71. The van der Waals surface area contributed by atoms with Crippen LogP contribution >= 0.6 is 0 Å². The Morgan fingerprint density at radius 2 is 2.06 bits per heavy atom. The molecular formula is C24H33N3O4. The van der Waals surface area contributed by atoms with Crippen molar-refractivity contribution in [3.05, 3.63) is 29.3 Å². The van der Waals surface area contributed by atoms with Crippen LogP contribution in [0, 0.1) is 0 Å². The normalized spacial score (nSPS) is 19.6. The van der Waals surface area contributed by atoms with Gasteiger partial charge in [-0.2, -0.15) is 0 Å². The van der Waals surface area contributed by atoms with Gasteiger partial charge < -0.3 is 19.1 Å². The molecule has 0 saturated carbocycles. The number of hydrogen-bond donors (Lipinski definition) is 0. The molecule has 0 N–H and O–H groups in total. The fourth-order valence-corrected chi connectivity index (χ4v) is 4.35. The van der Waals surface area contributed by atoms with Crippen molar-refractivity contribution in [1.82, 2.24) is 14.8 Å². The minimum absolute atomic E-state index is 0.232. The number of amides is 1. The minimum Gasteiger partial charge on any atom is -0.493 e. The molecule has 1 aromatic carbocycles. The maximum Gasteiger partial charge on any atom is 0.410 e. The number of rotatable bonds is 2. The molecule has 2 aliphatic heterocycles. The molecule has 2 aliphatic rings. The van der Waals surface area contributed by atoms with Gasteiger partial charge in [0.2, 0.25) is 5.88 Å². The van der Waals surface area contributed by atoms with Crippen LogP contribution in [0.2, 0.25) is 0 Å². The Morgan fingerprint density at radius 1 is 1.26 bits per heavy atom. The third-order valence-corrected chi connectivity index (χ3v) is 5.95. The monoisotopic (exact) mass is 427 g/mol. The first-order chi connectivity index (χ1) is 14.8. The summed E-state index contributed by atoms with van der Waals surface area (Å²) < 4.78 is 17.2. The Bertz CT molecular complexity index is 969. The van der Waals surface area contributed by atoms with E-state index < -0.39 is 5.60 Å². The molecule has 1 amide bonds. The summed E-state index contributed by atoms with van der Waals surface area (Å²) in [5, 5.41) is 1.07. The lowest BCUT2D eigenvalue weighted by Gasteiger charge is -2.42. The second-order valence-electron chi connectivity index (χ2n) is 9.35. The Hall–Kier alpha value is -2.54. The quantitative estimate of drug-likeness (QED) is 0.722. The molecule has 0 bridgehead atoms. The number of hydrogen-bond acceptors (Lipinski definition) is 6. The number of pyridine rings is 1. The molecule has 3 heterocycles. The lowest BCUT2D eigenvalue weighted by molar-refractivity contribution is -0.00192. The Labute approximate surface area is 184 Å². The topological polar surface area (TPSA) is 64.1 Å². The summed E-state index contributed by atoms with van der Waals surface area (Å²) in [5.41, 5.74) is 2.66. The van der Waals surface area contributed by atoms with Gasteiger partial charge in [-0.3, -0.25) is 4.90 Å². The van der Waals surface area contributed by atoms with Crippen LogP contribution in [0.5, 0.6) is 11.6 Å². The maximum absolute atomic E-state index is 12.5. The zero-order valence-electron chi connectivity index (χ0n) is 19.2. The minimum atomic E-state index is -0.482. The molecular weight excluding hydrogens is 394 g/mol. The Balaban J connectivity index is 1.56. The summed E-state index contributed by atoms with van der Waals surface area (Å²) in [6.07, 6.45) is 1.51. The molecule has 7 heteroatoms. The van der Waals surface area contributed by atoms with Gasteiger partial charge in [0, 0.05) is 48.7 Å². The summed E-state index contributed by atoms with van der Waals surface area (Å²) >= 11 is 0. The first-order valence-electron chi connectivity index (χ1n) is 11.1. The highest BCUT2D eigenvalue weighted by molar-refractivity contribution is 5.83. The SMILES string of the molecule is CCc1cc2cc3c(cc2nc1OC)CN1CCN(C(=O)OC(C)(C)C)C[C@H]1CCO3. The van der Waals surface area contributed by atoms with Crippen molar-refractivity contribution in [3.8, 4) is 11.6 Å². The molecule has 168 valence electrons. The Kier molecular flexibility index (Phi) is 5.97. The molecule has 0 spiro atoms. The van der Waals surface area contributed by atoms with Gasteiger partial charge in [-0.1, -0.05) is 6.92 Å². The highest BCUT2D eigenvalue weighted by Crippen LogP contribution is 2.32. The molecule has 1 aromatic heterocycles. The smallest absolute Gasteiger partial charge is 0.410 e. The maximum atomic E-state index is 12.5. The summed E-state index contributed by atoms with van der Waals surface area (Å²) in [6, 6.07) is 6.62. The fraction of sp³-hybridized carbons (Fsp3) is 0.583. The highest BCUT2D eigenvalue weighted by Gasteiger charge is 2.33. The van der Waals surface area contributed by atoms with Crippen molar-refractivity contribution in [1.29, 1.82) is 0 Å². The standard InChI is InChI=1S/C24H33N3O4/c1-6-16-11-17-13-21-18(12-20(17)25-22(16)29-5)14-26-8-9-27(15-19(26)7-10-30-21)23(28)31-24(2,3)4/h11-13,19H,6-10,14-15H2,1-5H3/t19-/m1/s1. The molecule has 1 saturated heterocycles.